The third kappa shape index (κ3) is 6.36. The third-order valence-corrected chi connectivity index (χ3v) is 6.94. The standard InChI is InChI=1S/C30H31FN4O3/c1-20(36)33-18-30(37)35-13-12-28(26(19-35)21-6-4-3-5-7-21)34-17-25-14-22(10-11-29(25)38-2)23-8-9-24(16-32)27(31)15-23/h3-11,14-15,26,28,34H,12-13,17-19H2,1-2H3,(H,33,36)/t26-,28-/m0/s1. The molecular formula is C30H31FN4O3. The molecule has 1 aliphatic rings. The first kappa shape index (κ1) is 26.8. The van der Waals surface area contributed by atoms with Crippen molar-refractivity contribution in [2.24, 2.45) is 0 Å². The van der Waals surface area contributed by atoms with Crippen LogP contribution in [-0.4, -0.2) is 49.5 Å². The maximum absolute atomic E-state index is 14.2. The highest BCUT2D eigenvalue weighted by Gasteiger charge is 2.32. The molecule has 0 aliphatic carbocycles. The van der Waals surface area contributed by atoms with Crippen LogP contribution in [0.4, 0.5) is 4.39 Å². The lowest BCUT2D eigenvalue weighted by Gasteiger charge is -2.39. The average molecular weight is 515 g/mol. The number of hydrogen-bond donors (Lipinski definition) is 2. The molecular weight excluding hydrogens is 483 g/mol. The fourth-order valence-corrected chi connectivity index (χ4v) is 4.90. The van der Waals surface area contributed by atoms with Crippen molar-refractivity contribution in [2.75, 3.05) is 26.7 Å². The largest absolute Gasteiger partial charge is 0.496 e. The Hall–Kier alpha value is -4.22. The van der Waals surface area contributed by atoms with Crippen LogP contribution in [0.15, 0.2) is 66.7 Å². The van der Waals surface area contributed by atoms with Crippen LogP contribution in [-0.2, 0) is 16.1 Å². The number of nitrogens with one attached hydrogen (secondary N) is 2. The monoisotopic (exact) mass is 514 g/mol. The third-order valence-electron chi connectivity index (χ3n) is 6.94. The molecule has 0 radical (unpaired) electrons. The summed E-state index contributed by atoms with van der Waals surface area (Å²) in [5, 5.41) is 15.3. The lowest BCUT2D eigenvalue weighted by Crippen LogP contribution is -2.51. The normalized spacial score (nSPS) is 16.9. The number of rotatable bonds is 8. The average Bonchev–Trinajstić information content (AvgIpc) is 2.95. The van der Waals surface area contributed by atoms with Gasteiger partial charge in [0.1, 0.15) is 17.6 Å². The van der Waals surface area contributed by atoms with E-state index in [1.165, 1.54) is 19.1 Å². The van der Waals surface area contributed by atoms with Gasteiger partial charge in [-0.2, -0.15) is 5.26 Å². The fraction of sp³-hybridized carbons (Fsp3) is 0.300. The van der Waals surface area contributed by atoms with Crippen molar-refractivity contribution in [1.82, 2.24) is 15.5 Å². The van der Waals surface area contributed by atoms with Crippen LogP contribution >= 0.6 is 0 Å². The summed E-state index contributed by atoms with van der Waals surface area (Å²) in [7, 11) is 1.62. The van der Waals surface area contributed by atoms with Crippen LogP contribution in [0.5, 0.6) is 5.75 Å². The van der Waals surface area contributed by atoms with Gasteiger partial charge >= 0.3 is 0 Å². The molecule has 1 heterocycles. The van der Waals surface area contributed by atoms with E-state index in [0.29, 0.717) is 25.2 Å². The molecule has 3 aromatic carbocycles. The summed E-state index contributed by atoms with van der Waals surface area (Å²) in [5.74, 6) is -0.0911. The quantitative estimate of drug-likeness (QED) is 0.474. The minimum atomic E-state index is -0.550. The molecule has 7 nitrogen and oxygen atoms in total. The van der Waals surface area contributed by atoms with Gasteiger partial charge in [-0.15, -0.1) is 0 Å². The molecule has 0 spiro atoms. The van der Waals surface area contributed by atoms with E-state index in [4.69, 9.17) is 10.00 Å². The van der Waals surface area contributed by atoms with E-state index in [1.54, 1.807) is 13.2 Å². The molecule has 3 aromatic rings. The van der Waals surface area contributed by atoms with Crippen molar-refractivity contribution in [3.63, 3.8) is 0 Å². The van der Waals surface area contributed by atoms with Crippen LogP contribution in [0.25, 0.3) is 11.1 Å². The predicted molar refractivity (Wildman–Crippen MR) is 143 cm³/mol. The molecule has 2 N–H and O–H groups in total. The van der Waals surface area contributed by atoms with Gasteiger partial charge in [-0.1, -0.05) is 42.5 Å². The number of ether oxygens (including phenoxy) is 1. The van der Waals surface area contributed by atoms with Crippen molar-refractivity contribution in [1.29, 1.82) is 5.26 Å². The molecule has 0 saturated carbocycles. The van der Waals surface area contributed by atoms with Crippen molar-refractivity contribution in [3.05, 3.63) is 89.2 Å². The van der Waals surface area contributed by atoms with Gasteiger partial charge in [0.15, 0.2) is 0 Å². The van der Waals surface area contributed by atoms with Crippen LogP contribution in [0.2, 0.25) is 0 Å². The molecule has 0 aromatic heterocycles. The second kappa shape index (κ2) is 12.3. The summed E-state index contributed by atoms with van der Waals surface area (Å²) >= 11 is 0. The Bertz CT molecular complexity index is 1340. The van der Waals surface area contributed by atoms with E-state index in [-0.39, 0.29) is 35.9 Å². The number of nitrogens with zero attached hydrogens (tertiary/aromatic N) is 2. The SMILES string of the molecule is COc1ccc(-c2ccc(C#N)c(F)c2)cc1CN[C@H]1CCN(C(=O)CNC(C)=O)C[C@H]1c1ccccc1. The van der Waals surface area contributed by atoms with E-state index in [2.05, 4.69) is 22.8 Å². The van der Waals surface area contributed by atoms with Crippen LogP contribution in [0, 0.1) is 17.1 Å². The van der Waals surface area contributed by atoms with E-state index in [9.17, 15) is 14.0 Å². The second-order valence-electron chi connectivity index (χ2n) is 9.38. The summed E-state index contributed by atoms with van der Waals surface area (Å²) in [4.78, 5) is 25.8. The Labute approximate surface area is 222 Å². The maximum atomic E-state index is 14.2. The summed E-state index contributed by atoms with van der Waals surface area (Å²) < 4.78 is 19.8. The van der Waals surface area contributed by atoms with Crippen LogP contribution in [0.3, 0.4) is 0 Å². The Balaban J connectivity index is 1.53. The zero-order valence-electron chi connectivity index (χ0n) is 21.5. The molecule has 196 valence electrons. The van der Waals surface area contributed by atoms with Gasteiger partial charge in [0.05, 0.1) is 19.2 Å². The highest BCUT2D eigenvalue weighted by Crippen LogP contribution is 2.31. The second-order valence-corrected chi connectivity index (χ2v) is 9.38. The highest BCUT2D eigenvalue weighted by atomic mass is 19.1. The molecule has 1 aliphatic heterocycles. The fourth-order valence-electron chi connectivity index (χ4n) is 4.90. The highest BCUT2D eigenvalue weighted by molar-refractivity contribution is 5.83. The van der Waals surface area contributed by atoms with E-state index >= 15 is 0 Å². The minimum absolute atomic E-state index is 0.00509. The number of nitriles is 1. The molecule has 2 amide bonds. The Morgan fingerprint density at radius 3 is 2.53 bits per heavy atom. The first-order valence-electron chi connectivity index (χ1n) is 12.6. The molecule has 0 bridgehead atoms. The minimum Gasteiger partial charge on any atom is -0.496 e. The van der Waals surface area contributed by atoms with Crippen molar-refractivity contribution in [2.45, 2.75) is 31.8 Å². The summed E-state index contributed by atoms with van der Waals surface area (Å²) in [6.45, 7) is 3.04. The van der Waals surface area contributed by atoms with Crippen molar-refractivity contribution >= 4 is 11.8 Å². The van der Waals surface area contributed by atoms with Gasteiger partial charge in [-0.25, -0.2) is 4.39 Å². The van der Waals surface area contributed by atoms with Crippen LogP contribution in [0.1, 0.15) is 36.0 Å². The number of carbonyl (C=O) groups is 2. The summed E-state index contributed by atoms with van der Waals surface area (Å²) in [6, 6.07) is 22.3. The van der Waals surface area contributed by atoms with E-state index in [0.717, 1.165) is 28.9 Å². The number of methoxy groups -OCH3 is 1. The van der Waals surface area contributed by atoms with Gasteiger partial charge in [0.25, 0.3) is 0 Å². The van der Waals surface area contributed by atoms with Gasteiger partial charge in [0.2, 0.25) is 11.8 Å². The summed E-state index contributed by atoms with van der Waals surface area (Å²) in [6.07, 6.45) is 0.744. The Morgan fingerprint density at radius 2 is 1.84 bits per heavy atom. The van der Waals surface area contributed by atoms with Crippen molar-refractivity contribution < 1.29 is 18.7 Å². The van der Waals surface area contributed by atoms with Gasteiger partial charge in [-0.3, -0.25) is 9.59 Å². The smallest absolute Gasteiger partial charge is 0.241 e. The van der Waals surface area contributed by atoms with E-state index in [1.807, 2.05) is 47.4 Å². The molecule has 8 heteroatoms. The Morgan fingerprint density at radius 1 is 1.11 bits per heavy atom. The van der Waals surface area contributed by atoms with Crippen LogP contribution < -0.4 is 15.4 Å². The van der Waals surface area contributed by atoms with Crippen molar-refractivity contribution in [3.8, 4) is 22.9 Å². The first-order chi connectivity index (χ1) is 18.4. The molecule has 4 rings (SSSR count). The topological polar surface area (TPSA) is 94.5 Å². The molecule has 38 heavy (non-hydrogen) atoms. The van der Waals surface area contributed by atoms with E-state index < -0.39 is 5.82 Å². The molecule has 1 saturated heterocycles. The molecule has 1 fully saturated rings. The number of amides is 2. The van der Waals surface area contributed by atoms with Gasteiger partial charge in [-0.05, 0) is 47.4 Å². The summed E-state index contributed by atoms with van der Waals surface area (Å²) in [5.41, 5.74) is 3.57. The zero-order chi connectivity index (χ0) is 27.1. The number of piperidine rings is 1. The predicted octanol–water partition coefficient (Wildman–Crippen LogP) is 3.98. The number of likely N-dealkylation sites (tertiary alicyclic amines) is 1. The Kier molecular flexibility index (Phi) is 8.72. The maximum Gasteiger partial charge on any atom is 0.241 e. The first-order valence-corrected chi connectivity index (χ1v) is 12.6. The number of halogens is 1. The number of carbonyl (C=O) groups excluding carboxylic acids is 2. The lowest BCUT2D eigenvalue weighted by atomic mass is 9.85. The zero-order valence-corrected chi connectivity index (χ0v) is 21.5. The molecule has 0 unspecified atom stereocenters. The number of benzene rings is 3. The van der Waals surface area contributed by atoms with Gasteiger partial charge in [0, 0.05) is 44.1 Å². The lowest BCUT2D eigenvalue weighted by molar-refractivity contribution is -0.133. The van der Waals surface area contributed by atoms with Gasteiger partial charge < -0.3 is 20.3 Å². The molecule has 2 atom stereocenters. The number of hydrogen-bond acceptors (Lipinski definition) is 5.